The maximum atomic E-state index is 12.9. The van der Waals surface area contributed by atoms with E-state index in [4.69, 9.17) is 4.74 Å². The van der Waals surface area contributed by atoms with E-state index in [0.717, 1.165) is 11.3 Å². The largest absolute Gasteiger partial charge is 0.446 e. The van der Waals surface area contributed by atoms with E-state index in [0.29, 0.717) is 24.9 Å². The maximum absolute atomic E-state index is 12.9. The number of hydrogen-bond acceptors (Lipinski definition) is 5. The average Bonchev–Trinajstić information content (AvgIpc) is 3.04. The number of sulfonamides is 1. The van der Waals surface area contributed by atoms with Gasteiger partial charge in [-0.1, -0.05) is 0 Å². The topological polar surface area (TPSA) is 84.5 Å². The Morgan fingerprint density at radius 1 is 1.19 bits per heavy atom. The Hall–Kier alpha value is -1.97. The number of ether oxygens (including phenoxy) is 1. The molecule has 1 aromatic carbocycles. The van der Waals surface area contributed by atoms with Crippen molar-refractivity contribution in [3.63, 3.8) is 0 Å². The van der Waals surface area contributed by atoms with Gasteiger partial charge in [0.15, 0.2) is 0 Å². The van der Waals surface area contributed by atoms with Crippen molar-refractivity contribution in [2.75, 3.05) is 5.32 Å². The van der Waals surface area contributed by atoms with Crippen LogP contribution in [-0.2, 0) is 14.8 Å². The lowest BCUT2D eigenvalue weighted by Crippen LogP contribution is -2.41. The van der Waals surface area contributed by atoms with Crippen molar-refractivity contribution in [1.82, 2.24) is 4.72 Å². The number of nitrogens with one attached hydrogen (secondary N) is 2. The first-order valence-electron chi connectivity index (χ1n) is 8.64. The van der Waals surface area contributed by atoms with Crippen LogP contribution < -0.4 is 10.0 Å². The monoisotopic (exact) mass is 412 g/mol. The molecule has 0 unspecified atom stereocenters. The Labute approximate surface area is 161 Å². The van der Waals surface area contributed by atoms with E-state index in [-0.39, 0.29) is 16.4 Å². The summed E-state index contributed by atoms with van der Waals surface area (Å²) in [6, 6.07) is 8.45. The predicted octanol–water partition coefficient (Wildman–Crippen LogP) is 4.03. The van der Waals surface area contributed by atoms with Crippen LogP contribution in [0, 0.1) is 12.7 Å². The minimum Gasteiger partial charge on any atom is -0.446 e. The fourth-order valence-electron chi connectivity index (χ4n) is 3.02. The Balaban J connectivity index is 1.54. The number of anilines is 1. The third kappa shape index (κ3) is 5.50. The van der Waals surface area contributed by atoms with E-state index >= 15 is 0 Å². The average molecular weight is 413 g/mol. The first kappa shape index (κ1) is 19.8. The molecule has 1 saturated carbocycles. The number of rotatable bonds is 5. The van der Waals surface area contributed by atoms with Crippen molar-refractivity contribution >= 4 is 33.1 Å². The highest BCUT2D eigenvalue weighted by atomic mass is 32.2. The lowest BCUT2D eigenvalue weighted by Gasteiger charge is -2.29. The number of hydrogen-bond donors (Lipinski definition) is 2. The summed E-state index contributed by atoms with van der Waals surface area (Å²) < 4.78 is 46.2. The summed E-state index contributed by atoms with van der Waals surface area (Å²) in [6.45, 7) is 1.86. The number of carbonyl (C=O) groups excluding carboxylic acids is 1. The Morgan fingerprint density at radius 2 is 1.93 bits per heavy atom. The summed E-state index contributed by atoms with van der Waals surface area (Å²) >= 11 is 1.22. The molecule has 1 aliphatic carbocycles. The van der Waals surface area contributed by atoms with Crippen molar-refractivity contribution in [2.45, 2.75) is 49.0 Å². The summed E-state index contributed by atoms with van der Waals surface area (Å²) in [6.07, 6.45) is 1.53. The number of amides is 1. The van der Waals surface area contributed by atoms with Crippen molar-refractivity contribution in [3.05, 3.63) is 47.1 Å². The van der Waals surface area contributed by atoms with Gasteiger partial charge in [-0.25, -0.2) is 22.3 Å². The van der Waals surface area contributed by atoms with Gasteiger partial charge in [0.2, 0.25) is 10.0 Å². The van der Waals surface area contributed by atoms with E-state index < -0.39 is 21.9 Å². The second-order valence-corrected chi connectivity index (χ2v) is 9.74. The first-order chi connectivity index (χ1) is 12.8. The highest BCUT2D eigenvalue weighted by molar-refractivity contribution is 7.91. The van der Waals surface area contributed by atoms with Crippen molar-refractivity contribution < 1.29 is 22.3 Å². The van der Waals surface area contributed by atoms with Crippen LogP contribution in [-0.4, -0.2) is 26.7 Å². The number of aryl methyl sites for hydroxylation is 1. The summed E-state index contributed by atoms with van der Waals surface area (Å²) in [5.41, 5.74) is 0.433. The van der Waals surface area contributed by atoms with E-state index in [9.17, 15) is 17.6 Å². The molecule has 2 atom stereocenters. The standard InChI is InChI=1S/C18H21FN2O4S2/c1-12-5-10-17(26-12)27(23,24)21-15-3-2-4-16(11-15)25-18(22)20-14-8-6-13(19)7-9-14/h5-10,15-16,21H,2-4,11H2,1H3,(H,20,22)/t15-,16-/m0/s1. The zero-order chi connectivity index (χ0) is 19.4. The van der Waals surface area contributed by atoms with Crippen LogP contribution in [0.5, 0.6) is 0 Å². The molecule has 2 N–H and O–H groups in total. The fourth-order valence-corrected chi connectivity index (χ4v) is 5.61. The van der Waals surface area contributed by atoms with E-state index in [1.807, 2.05) is 6.92 Å². The lowest BCUT2D eigenvalue weighted by molar-refractivity contribution is 0.0793. The molecule has 0 spiro atoms. The molecule has 0 bridgehead atoms. The van der Waals surface area contributed by atoms with Crippen LogP contribution in [0.3, 0.4) is 0 Å². The minimum absolute atomic E-state index is 0.283. The third-order valence-corrected chi connectivity index (χ3v) is 7.31. The van der Waals surface area contributed by atoms with Crippen LogP contribution in [0.2, 0.25) is 0 Å². The van der Waals surface area contributed by atoms with Gasteiger partial charge in [0, 0.05) is 23.0 Å². The summed E-state index contributed by atoms with van der Waals surface area (Å²) in [7, 11) is -3.57. The molecule has 6 nitrogen and oxygen atoms in total. The van der Waals surface area contributed by atoms with Crippen LogP contribution >= 0.6 is 11.3 Å². The fraction of sp³-hybridized carbons (Fsp3) is 0.389. The number of carbonyl (C=O) groups is 1. The molecular formula is C18H21FN2O4S2. The van der Waals surface area contributed by atoms with Crippen molar-refractivity contribution in [2.24, 2.45) is 0 Å². The predicted molar refractivity (Wildman–Crippen MR) is 102 cm³/mol. The van der Waals surface area contributed by atoms with Crippen molar-refractivity contribution in [1.29, 1.82) is 0 Å². The molecule has 9 heteroatoms. The molecule has 3 rings (SSSR count). The van der Waals surface area contributed by atoms with Gasteiger partial charge >= 0.3 is 6.09 Å². The second kappa shape index (κ2) is 8.37. The molecule has 1 fully saturated rings. The van der Waals surface area contributed by atoms with E-state index in [1.54, 1.807) is 12.1 Å². The number of halogens is 1. The van der Waals surface area contributed by atoms with Crippen LogP contribution in [0.1, 0.15) is 30.6 Å². The molecule has 27 heavy (non-hydrogen) atoms. The van der Waals surface area contributed by atoms with Gasteiger partial charge in [-0.15, -0.1) is 11.3 Å². The van der Waals surface area contributed by atoms with Gasteiger partial charge in [0.1, 0.15) is 16.1 Å². The molecular weight excluding hydrogens is 391 g/mol. The molecule has 0 radical (unpaired) electrons. The smallest absolute Gasteiger partial charge is 0.411 e. The normalized spacial score (nSPS) is 20.2. The first-order valence-corrected chi connectivity index (χ1v) is 10.9. The molecule has 0 aliphatic heterocycles. The summed E-state index contributed by atoms with van der Waals surface area (Å²) in [4.78, 5) is 12.9. The summed E-state index contributed by atoms with van der Waals surface area (Å²) in [5.74, 6) is -0.391. The van der Waals surface area contributed by atoms with Crippen molar-refractivity contribution in [3.8, 4) is 0 Å². The minimum atomic E-state index is -3.57. The van der Waals surface area contributed by atoms with Gasteiger partial charge in [-0.2, -0.15) is 0 Å². The zero-order valence-corrected chi connectivity index (χ0v) is 16.4. The van der Waals surface area contributed by atoms with Crippen LogP contribution in [0.4, 0.5) is 14.9 Å². The molecule has 1 amide bonds. The third-order valence-electron chi connectivity index (χ3n) is 4.29. The quantitative estimate of drug-likeness (QED) is 0.776. The van der Waals surface area contributed by atoms with Gasteiger partial charge in [-0.3, -0.25) is 5.32 Å². The Morgan fingerprint density at radius 3 is 2.59 bits per heavy atom. The highest BCUT2D eigenvalue weighted by Gasteiger charge is 2.29. The van der Waals surface area contributed by atoms with Gasteiger partial charge in [-0.05, 0) is 62.6 Å². The zero-order valence-electron chi connectivity index (χ0n) is 14.8. The second-order valence-electron chi connectivity index (χ2n) is 6.51. The van der Waals surface area contributed by atoms with Crippen LogP contribution in [0.25, 0.3) is 0 Å². The Bertz CT molecular complexity index is 896. The van der Waals surface area contributed by atoms with Gasteiger partial charge < -0.3 is 4.74 Å². The van der Waals surface area contributed by atoms with Gasteiger partial charge in [0.25, 0.3) is 0 Å². The maximum Gasteiger partial charge on any atom is 0.411 e. The summed E-state index contributed by atoms with van der Waals surface area (Å²) in [5, 5.41) is 2.54. The van der Waals surface area contributed by atoms with Gasteiger partial charge in [0.05, 0.1) is 0 Å². The molecule has 1 aromatic heterocycles. The molecule has 146 valence electrons. The molecule has 0 saturated heterocycles. The van der Waals surface area contributed by atoms with Crippen LogP contribution in [0.15, 0.2) is 40.6 Å². The highest BCUT2D eigenvalue weighted by Crippen LogP contribution is 2.25. The molecule has 1 heterocycles. The SMILES string of the molecule is Cc1ccc(S(=O)(=O)N[C@H]2CCC[C@H](OC(=O)Nc3ccc(F)cc3)C2)s1. The van der Waals surface area contributed by atoms with E-state index in [2.05, 4.69) is 10.0 Å². The van der Waals surface area contributed by atoms with E-state index in [1.165, 1.54) is 35.6 Å². The lowest BCUT2D eigenvalue weighted by atomic mass is 9.94. The molecule has 2 aromatic rings. The molecule has 1 aliphatic rings. The number of thiophene rings is 1. The number of benzene rings is 1. The Kier molecular flexibility index (Phi) is 6.13.